The van der Waals surface area contributed by atoms with E-state index in [-0.39, 0.29) is 30.1 Å². The van der Waals surface area contributed by atoms with Crippen molar-refractivity contribution in [2.45, 2.75) is 52.2 Å². The van der Waals surface area contributed by atoms with E-state index in [0.717, 1.165) is 31.3 Å². The zero-order valence-electron chi connectivity index (χ0n) is 17.0. The Morgan fingerprint density at radius 1 is 1.22 bits per heavy atom. The summed E-state index contributed by atoms with van der Waals surface area (Å²) in [5.74, 6) is 1.95. The number of rotatable bonds is 6. The minimum Gasteiger partial charge on any atom is -0.489 e. The highest BCUT2D eigenvalue weighted by atomic mass is 127. The van der Waals surface area contributed by atoms with Crippen LogP contribution in [0.4, 0.5) is 0 Å². The lowest BCUT2D eigenvalue weighted by Crippen LogP contribution is -2.43. The normalized spacial score (nSPS) is 21.8. The van der Waals surface area contributed by atoms with E-state index in [9.17, 15) is 0 Å². The summed E-state index contributed by atoms with van der Waals surface area (Å²) in [7, 11) is 0. The fourth-order valence-corrected chi connectivity index (χ4v) is 3.87. The number of hydrogen-bond donors (Lipinski definition) is 1. The van der Waals surface area contributed by atoms with Crippen LogP contribution in [0.3, 0.4) is 0 Å². The Morgan fingerprint density at radius 2 is 1.93 bits per heavy atom. The van der Waals surface area contributed by atoms with Crippen molar-refractivity contribution in [3.63, 3.8) is 0 Å². The first-order valence-electron chi connectivity index (χ1n) is 10.2. The topological polar surface area (TPSA) is 40.1 Å². The van der Waals surface area contributed by atoms with Gasteiger partial charge < -0.3 is 15.0 Å². The number of nitrogens with zero attached hydrogens (tertiary/aromatic N) is 3. The van der Waals surface area contributed by atoms with E-state index in [1.54, 1.807) is 0 Å². The van der Waals surface area contributed by atoms with Gasteiger partial charge in [-0.2, -0.15) is 0 Å². The van der Waals surface area contributed by atoms with Crippen molar-refractivity contribution in [2.24, 2.45) is 4.99 Å². The van der Waals surface area contributed by atoms with E-state index < -0.39 is 0 Å². The monoisotopic (exact) mass is 486 g/mol. The molecule has 27 heavy (non-hydrogen) atoms. The average molecular weight is 486 g/mol. The minimum absolute atomic E-state index is 0. The summed E-state index contributed by atoms with van der Waals surface area (Å²) in [6, 6.07) is 8.92. The largest absolute Gasteiger partial charge is 0.489 e. The molecule has 0 spiro atoms. The molecule has 2 aliphatic rings. The number of aliphatic imine (C=N–C) groups is 1. The standard InChI is InChI=1S/C21H34N4O.HI/c1-4-22-21(25-14-11-19(16-25)24-12-5-6-13-24)23-15-18(3)26-20-9-7-17(2)8-10-20;/h7-10,18-19H,4-6,11-16H2,1-3H3,(H,22,23);1H. The average Bonchev–Trinajstić information content (AvgIpc) is 3.32. The van der Waals surface area contributed by atoms with Gasteiger partial charge >= 0.3 is 0 Å². The van der Waals surface area contributed by atoms with Gasteiger partial charge in [-0.15, -0.1) is 24.0 Å². The zero-order valence-corrected chi connectivity index (χ0v) is 19.3. The Bertz CT molecular complexity index is 586. The molecule has 0 radical (unpaired) electrons. The summed E-state index contributed by atoms with van der Waals surface area (Å²) in [4.78, 5) is 9.94. The Hall–Kier alpha value is -1.02. The molecule has 0 bridgehead atoms. The first-order chi connectivity index (χ1) is 12.7. The minimum atomic E-state index is 0. The summed E-state index contributed by atoms with van der Waals surface area (Å²) >= 11 is 0. The van der Waals surface area contributed by atoms with Crippen LogP contribution in [0.15, 0.2) is 29.3 Å². The number of hydrogen-bond acceptors (Lipinski definition) is 3. The summed E-state index contributed by atoms with van der Waals surface area (Å²) in [6.45, 7) is 12.6. The maximum absolute atomic E-state index is 6.00. The maximum atomic E-state index is 6.00. The summed E-state index contributed by atoms with van der Waals surface area (Å²) in [5, 5.41) is 3.46. The highest BCUT2D eigenvalue weighted by Gasteiger charge is 2.30. The van der Waals surface area contributed by atoms with Crippen LogP contribution < -0.4 is 10.1 Å². The van der Waals surface area contributed by atoms with Crippen molar-refractivity contribution in [3.8, 4) is 5.75 Å². The number of likely N-dealkylation sites (tertiary alicyclic amines) is 2. The lowest BCUT2D eigenvalue weighted by atomic mass is 10.2. The van der Waals surface area contributed by atoms with Gasteiger partial charge in [-0.1, -0.05) is 17.7 Å². The molecule has 0 aliphatic carbocycles. The molecule has 1 aromatic carbocycles. The molecule has 3 rings (SSSR count). The van der Waals surface area contributed by atoms with E-state index in [1.165, 1.54) is 37.9 Å². The van der Waals surface area contributed by atoms with Crippen LogP contribution in [-0.2, 0) is 0 Å². The predicted molar refractivity (Wildman–Crippen MR) is 123 cm³/mol. The highest BCUT2D eigenvalue weighted by Crippen LogP contribution is 2.20. The van der Waals surface area contributed by atoms with Crippen molar-refractivity contribution >= 4 is 29.9 Å². The summed E-state index contributed by atoms with van der Waals surface area (Å²) in [5.41, 5.74) is 1.25. The van der Waals surface area contributed by atoms with Crippen LogP contribution in [0, 0.1) is 6.92 Å². The number of aryl methyl sites for hydroxylation is 1. The zero-order chi connectivity index (χ0) is 18.4. The molecule has 2 heterocycles. The second kappa shape index (κ2) is 11.1. The lowest BCUT2D eigenvalue weighted by Gasteiger charge is -2.25. The van der Waals surface area contributed by atoms with Crippen LogP contribution in [0.1, 0.15) is 38.7 Å². The van der Waals surface area contributed by atoms with Crippen molar-refractivity contribution in [1.82, 2.24) is 15.1 Å². The van der Waals surface area contributed by atoms with E-state index in [0.29, 0.717) is 12.6 Å². The molecule has 1 aromatic rings. The third-order valence-electron chi connectivity index (χ3n) is 5.31. The van der Waals surface area contributed by atoms with Crippen molar-refractivity contribution < 1.29 is 4.74 Å². The Balaban J connectivity index is 0.00000261. The predicted octanol–water partition coefficient (Wildman–Crippen LogP) is 3.52. The van der Waals surface area contributed by atoms with Crippen molar-refractivity contribution in [3.05, 3.63) is 29.8 Å². The van der Waals surface area contributed by atoms with Crippen LogP contribution in [0.25, 0.3) is 0 Å². The third kappa shape index (κ3) is 6.52. The Labute approximate surface area is 181 Å². The molecule has 0 aromatic heterocycles. The van der Waals surface area contributed by atoms with Crippen molar-refractivity contribution in [1.29, 1.82) is 0 Å². The summed E-state index contributed by atoms with van der Waals surface area (Å²) < 4.78 is 6.00. The molecule has 2 unspecified atom stereocenters. The molecule has 2 aliphatic heterocycles. The van der Waals surface area contributed by atoms with Gasteiger partial charge in [-0.05, 0) is 65.3 Å². The van der Waals surface area contributed by atoms with Gasteiger partial charge in [0.05, 0.1) is 6.54 Å². The van der Waals surface area contributed by atoms with Crippen molar-refractivity contribution in [2.75, 3.05) is 39.3 Å². The Morgan fingerprint density at radius 3 is 2.59 bits per heavy atom. The molecule has 2 fully saturated rings. The van der Waals surface area contributed by atoms with Gasteiger partial charge in [-0.25, -0.2) is 4.99 Å². The quantitative estimate of drug-likeness (QED) is 0.380. The third-order valence-corrected chi connectivity index (χ3v) is 5.31. The van der Waals surface area contributed by atoms with Gasteiger partial charge in [-0.3, -0.25) is 4.90 Å². The first kappa shape index (κ1) is 22.3. The number of halogens is 1. The maximum Gasteiger partial charge on any atom is 0.194 e. The molecule has 0 amide bonds. The second-order valence-electron chi connectivity index (χ2n) is 7.57. The van der Waals surface area contributed by atoms with E-state index >= 15 is 0 Å². The molecule has 6 heteroatoms. The van der Waals surface area contributed by atoms with Gasteiger partial charge in [0.1, 0.15) is 11.9 Å². The SMILES string of the molecule is CCNC(=NCC(C)Oc1ccc(C)cc1)N1CCC(N2CCCC2)C1.I. The summed E-state index contributed by atoms with van der Waals surface area (Å²) in [6.07, 6.45) is 4.03. The number of nitrogens with one attached hydrogen (secondary N) is 1. The molecular weight excluding hydrogens is 451 g/mol. The molecular formula is C21H35IN4O. The van der Waals surface area contributed by atoms with Crippen LogP contribution in [-0.4, -0.2) is 67.2 Å². The number of guanidine groups is 1. The second-order valence-corrected chi connectivity index (χ2v) is 7.57. The van der Waals surface area contributed by atoms with Gasteiger partial charge in [0.2, 0.25) is 0 Å². The fraction of sp³-hybridized carbons (Fsp3) is 0.667. The van der Waals surface area contributed by atoms with E-state index in [1.807, 2.05) is 12.1 Å². The van der Waals surface area contributed by atoms with E-state index in [2.05, 4.69) is 48.0 Å². The van der Waals surface area contributed by atoms with Crippen LogP contribution in [0.2, 0.25) is 0 Å². The highest BCUT2D eigenvalue weighted by molar-refractivity contribution is 14.0. The fourth-order valence-electron chi connectivity index (χ4n) is 3.87. The molecule has 2 saturated heterocycles. The van der Waals surface area contributed by atoms with Gasteiger partial charge in [0.25, 0.3) is 0 Å². The van der Waals surface area contributed by atoms with Gasteiger partial charge in [0, 0.05) is 25.7 Å². The van der Waals surface area contributed by atoms with Crippen LogP contribution in [0.5, 0.6) is 5.75 Å². The van der Waals surface area contributed by atoms with Gasteiger partial charge in [0.15, 0.2) is 5.96 Å². The number of benzene rings is 1. The lowest BCUT2D eigenvalue weighted by molar-refractivity contribution is 0.229. The molecule has 2 atom stereocenters. The number of ether oxygens (including phenoxy) is 1. The van der Waals surface area contributed by atoms with E-state index in [4.69, 9.17) is 9.73 Å². The smallest absolute Gasteiger partial charge is 0.194 e. The molecule has 152 valence electrons. The first-order valence-corrected chi connectivity index (χ1v) is 10.2. The molecule has 5 nitrogen and oxygen atoms in total. The Kier molecular flexibility index (Phi) is 9.15. The van der Waals surface area contributed by atoms with Crippen LogP contribution >= 0.6 is 24.0 Å². The molecule has 0 saturated carbocycles. The molecule has 1 N–H and O–H groups in total.